The number of nitrogens with one attached hydrogen (secondary N) is 1. The van der Waals surface area contributed by atoms with Crippen molar-refractivity contribution in [3.63, 3.8) is 0 Å². The molecule has 5 rings (SSSR count). The predicted molar refractivity (Wildman–Crippen MR) is 138 cm³/mol. The standard InChI is InChI=1S/C29H35N3O4/c1-3-25(34)32-24-16-31-23(15-14-21(29(31)36)20-12-8-5-9-13-20)27(32)26(22(24)17-33)28(35)30-18(2)19-10-6-4-7-11-19/h4,6-7,10-12,14-15,18,22,24,26-27,33H,3,5,8-9,13,16-17H2,1-2H3,(H,30,35)/t18-,22-,24-,26+,27+/m0/s1. The number of carbonyl (C=O) groups excluding carboxylic acids is 2. The van der Waals surface area contributed by atoms with Gasteiger partial charge in [-0.25, -0.2) is 0 Å². The summed E-state index contributed by atoms with van der Waals surface area (Å²) in [4.78, 5) is 42.3. The zero-order chi connectivity index (χ0) is 25.4. The van der Waals surface area contributed by atoms with Crippen molar-refractivity contribution in [1.29, 1.82) is 0 Å². The molecule has 0 spiro atoms. The molecule has 1 aromatic carbocycles. The summed E-state index contributed by atoms with van der Waals surface area (Å²) in [5, 5.41) is 13.6. The summed E-state index contributed by atoms with van der Waals surface area (Å²) in [5.41, 5.74) is 3.41. The maximum absolute atomic E-state index is 13.7. The Labute approximate surface area is 211 Å². The number of amides is 2. The fourth-order valence-corrected chi connectivity index (χ4v) is 6.39. The molecule has 190 valence electrons. The van der Waals surface area contributed by atoms with Gasteiger partial charge >= 0.3 is 0 Å². The van der Waals surface area contributed by atoms with Crippen molar-refractivity contribution in [3.05, 3.63) is 75.7 Å². The first-order valence-electron chi connectivity index (χ1n) is 13.2. The summed E-state index contributed by atoms with van der Waals surface area (Å²) in [6.07, 6.45) is 6.55. The number of benzene rings is 1. The molecule has 1 aliphatic carbocycles. The summed E-state index contributed by atoms with van der Waals surface area (Å²) < 4.78 is 1.76. The van der Waals surface area contributed by atoms with Crippen molar-refractivity contribution in [2.45, 2.75) is 70.6 Å². The monoisotopic (exact) mass is 489 g/mol. The quantitative estimate of drug-likeness (QED) is 0.649. The first-order valence-corrected chi connectivity index (χ1v) is 13.2. The van der Waals surface area contributed by atoms with Gasteiger partial charge in [-0.3, -0.25) is 14.4 Å². The number of aliphatic hydroxyl groups is 1. The number of fused-ring (bicyclic) bond motifs is 4. The zero-order valence-electron chi connectivity index (χ0n) is 21.0. The summed E-state index contributed by atoms with van der Waals surface area (Å²) >= 11 is 0. The van der Waals surface area contributed by atoms with Crippen LogP contribution in [-0.2, 0) is 16.1 Å². The lowest BCUT2D eigenvalue weighted by Crippen LogP contribution is -2.49. The van der Waals surface area contributed by atoms with Crippen LogP contribution in [0.2, 0.25) is 0 Å². The number of allylic oxidation sites excluding steroid dienone is 2. The van der Waals surface area contributed by atoms with Gasteiger partial charge in [0.2, 0.25) is 11.8 Å². The van der Waals surface area contributed by atoms with Crippen LogP contribution in [0.15, 0.2) is 53.3 Å². The number of aliphatic hydroxyl groups excluding tert-OH is 1. The third-order valence-corrected chi connectivity index (χ3v) is 8.23. The van der Waals surface area contributed by atoms with Crippen LogP contribution >= 0.6 is 0 Å². The zero-order valence-corrected chi connectivity index (χ0v) is 21.0. The van der Waals surface area contributed by atoms with Crippen molar-refractivity contribution in [2.24, 2.45) is 11.8 Å². The number of pyridine rings is 1. The molecular formula is C29H35N3O4. The SMILES string of the molecule is CCC(=O)N1[C@@H]2c3ccc(C4=CCCCC4)c(=O)n3C[C@H]1[C@H](CO)[C@H]2C(=O)N[C@@H](C)c1ccccc1. The van der Waals surface area contributed by atoms with Crippen LogP contribution in [0.4, 0.5) is 0 Å². The van der Waals surface area contributed by atoms with E-state index in [0.717, 1.165) is 36.8 Å². The number of aromatic nitrogens is 1. The summed E-state index contributed by atoms with van der Waals surface area (Å²) in [6, 6.07) is 12.3. The molecule has 2 aliphatic heterocycles. The lowest BCUT2D eigenvalue weighted by Gasteiger charge is -2.38. The Bertz CT molecular complexity index is 1230. The normalized spacial score (nSPS) is 25.6. The van der Waals surface area contributed by atoms with Gasteiger partial charge in [-0.2, -0.15) is 0 Å². The van der Waals surface area contributed by atoms with Crippen LogP contribution in [0.5, 0.6) is 0 Å². The highest BCUT2D eigenvalue weighted by molar-refractivity contribution is 5.84. The minimum Gasteiger partial charge on any atom is -0.396 e. The van der Waals surface area contributed by atoms with Crippen molar-refractivity contribution in [1.82, 2.24) is 14.8 Å². The van der Waals surface area contributed by atoms with Gasteiger partial charge in [0.15, 0.2) is 0 Å². The smallest absolute Gasteiger partial charge is 0.258 e. The number of carbonyl (C=O) groups is 2. The van der Waals surface area contributed by atoms with Gasteiger partial charge in [-0.15, -0.1) is 0 Å². The highest BCUT2D eigenvalue weighted by Crippen LogP contribution is 2.49. The molecule has 7 nitrogen and oxygen atoms in total. The van der Waals surface area contributed by atoms with Gasteiger partial charge in [0.1, 0.15) is 0 Å². The summed E-state index contributed by atoms with van der Waals surface area (Å²) in [7, 11) is 0. The molecule has 1 saturated heterocycles. The average molecular weight is 490 g/mol. The molecule has 1 fully saturated rings. The number of rotatable bonds is 6. The molecule has 36 heavy (non-hydrogen) atoms. The largest absolute Gasteiger partial charge is 0.396 e. The molecule has 7 heteroatoms. The molecule has 3 heterocycles. The molecule has 0 unspecified atom stereocenters. The Kier molecular flexibility index (Phi) is 6.84. The van der Waals surface area contributed by atoms with Gasteiger partial charge in [0.25, 0.3) is 5.56 Å². The molecule has 2 aromatic rings. The number of hydrogen-bond donors (Lipinski definition) is 2. The fraction of sp³-hybridized carbons (Fsp3) is 0.483. The molecule has 2 bridgehead atoms. The van der Waals surface area contributed by atoms with E-state index in [1.807, 2.05) is 56.3 Å². The van der Waals surface area contributed by atoms with E-state index in [9.17, 15) is 19.5 Å². The van der Waals surface area contributed by atoms with Gasteiger partial charge in [-0.1, -0.05) is 43.3 Å². The van der Waals surface area contributed by atoms with Crippen molar-refractivity contribution >= 4 is 17.4 Å². The van der Waals surface area contributed by atoms with E-state index in [-0.39, 0.29) is 30.0 Å². The summed E-state index contributed by atoms with van der Waals surface area (Å²) in [5.74, 6) is -1.36. The topological polar surface area (TPSA) is 91.6 Å². The van der Waals surface area contributed by atoms with Crippen LogP contribution < -0.4 is 10.9 Å². The van der Waals surface area contributed by atoms with Crippen molar-refractivity contribution in [3.8, 4) is 0 Å². The second-order valence-corrected chi connectivity index (χ2v) is 10.2. The molecule has 2 amide bonds. The maximum atomic E-state index is 13.7. The first-order chi connectivity index (χ1) is 17.5. The van der Waals surface area contributed by atoms with E-state index in [1.165, 1.54) is 0 Å². The van der Waals surface area contributed by atoms with E-state index >= 15 is 0 Å². The second-order valence-electron chi connectivity index (χ2n) is 10.2. The van der Waals surface area contributed by atoms with Gasteiger partial charge in [0.05, 0.1) is 24.0 Å². The second kappa shape index (κ2) is 10.1. The molecular weight excluding hydrogens is 454 g/mol. The van der Waals surface area contributed by atoms with Crippen molar-refractivity contribution in [2.75, 3.05) is 6.61 Å². The Hall–Kier alpha value is -3.19. The number of hydrogen-bond acceptors (Lipinski definition) is 4. The van der Waals surface area contributed by atoms with Crippen LogP contribution in [0.25, 0.3) is 5.57 Å². The molecule has 5 atom stereocenters. The number of nitrogens with zero attached hydrogens (tertiary/aromatic N) is 2. The van der Waals surface area contributed by atoms with E-state index in [0.29, 0.717) is 24.2 Å². The Morgan fingerprint density at radius 1 is 1.14 bits per heavy atom. The highest BCUT2D eigenvalue weighted by Gasteiger charge is 2.57. The van der Waals surface area contributed by atoms with Crippen LogP contribution in [0.3, 0.4) is 0 Å². The Morgan fingerprint density at radius 2 is 1.92 bits per heavy atom. The van der Waals surface area contributed by atoms with Crippen LogP contribution in [0, 0.1) is 11.8 Å². The third-order valence-electron chi connectivity index (χ3n) is 8.23. The minimum absolute atomic E-state index is 0.0605. The molecule has 3 aliphatic rings. The first kappa shape index (κ1) is 24.5. The maximum Gasteiger partial charge on any atom is 0.258 e. The fourth-order valence-electron chi connectivity index (χ4n) is 6.39. The van der Waals surface area contributed by atoms with Gasteiger partial charge in [0, 0.05) is 36.7 Å². The van der Waals surface area contributed by atoms with Crippen LogP contribution in [-0.4, -0.2) is 39.0 Å². The van der Waals surface area contributed by atoms with E-state index in [2.05, 4.69) is 11.4 Å². The Balaban J connectivity index is 1.55. The van der Waals surface area contributed by atoms with Crippen LogP contribution in [0.1, 0.15) is 74.9 Å². The van der Waals surface area contributed by atoms with E-state index < -0.39 is 23.9 Å². The minimum atomic E-state index is -0.644. The van der Waals surface area contributed by atoms with Gasteiger partial charge in [-0.05, 0) is 55.9 Å². The lowest BCUT2D eigenvalue weighted by molar-refractivity contribution is -0.136. The van der Waals surface area contributed by atoms with E-state index in [4.69, 9.17) is 0 Å². The molecule has 0 saturated carbocycles. The highest BCUT2D eigenvalue weighted by atomic mass is 16.3. The third kappa shape index (κ3) is 4.09. The predicted octanol–water partition coefficient (Wildman–Crippen LogP) is 3.58. The molecule has 0 radical (unpaired) electrons. The van der Waals surface area contributed by atoms with Gasteiger partial charge < -0.3 is 19.9 Å². The lowest BCUT2D eigenvalue weighted by atomic mass is 9.86. The van der Waals surface area contributed by atoms with E-state index in [1.54, 1.807) is 9.47 Å². The Morgan fingerprint density at radius 3 is 2.58 bits per heavy atom. The molecule has 2 N–H and O–H groups in total. The summed E-state index contributed by atoms with van der Waals surface area (Å²) in [6.45, 7) is 3.80. The van der Waals surface area contributed by atoms with Crippen molar-refractivity contribution < 1.29 is 14.7 Å². The molecule has 1 aromatic heterocycles. The average Bonchev–Trinajstić information content (AvgIpc) is 3.16.